The molecule has 3 N–H and O–H groups in total. The van der Waals surface area contributed by atoms with Gasteiger partial charge in [-0.3, -0.25) is 0 Å². The number of quaternary nitrogens is 1. The molecule has 0 spiro atoms. The van der Waals surface area contributed by atoms with Crippen molar-refractivity contribution in [2.75, 3.05) is 39.5 Å². The lowest BCUT2D eigenvalue weighted by Gasteiger charge is -2.26. The lowest BCUT2D eigenvalue weighted by atomic mass is 10.3. The van der Waals surface area contributed by atoms with Gasteiger partial charge in [0.05, 0.1) is 29.4 Å². The number of aliphatic hydroxyl groups is 1. The molecule has 10 heteroatoms. The monoisotopic (exact) mass is 431 g/mol. The molecule has 0 saturated carbocycles. The van der Waals surface area contributed by atoms with Gasteiger partial charge < -0.3 is 24.3 Å². The molecule has 1 saturated heterocycles. The van der Waals surface area contributed by atoms with Crippen molar-refractivity contribution in [3.8, 4) is 5.75 Å². The summed E-state index contributed by atoms with van der Waals surface area (Å²) in [7, 11) is -3.62. The van der Waals surface area contributed by atoms with E-state index in [9.17, 15) is 13.5 Å². The number of rotatable bonds is 9. The van der Waals surface area contributed by atoms with E-state index in [4.69, 9.17) is 25.5 Å². The van der Waals surface area contributed by atoms with E-state index in [0.717, 1.165) is 5.76 Å². The minimum absolute atomic E-state index is 0.0456. The van der Waals surface area contributed by atoms with Crippen LogP contribution in [0.2, 0.25) is 5.02 Å². The highest BCUT2D eigenvalue weighted by Gasteiger charge is 2.27. The normalized spacial score (nSPS) is 16.8. The van der Waals surface area contributed by atoms with E-state index in [1.54, 1.807) is 6.26 Å². The topological polar surface area (TPSA) is 106 Å². The van der Waals surface area contributed by atoms with Crippen LogP contribution in [0.1, 0.15) is 5.76 Å². The Morgan fingerprint density at radius 1 is 1.29 bits per heavy atom. The lowest BCUT2D eigenvalue weighted by molar-refractivity contribution is -0.678. The van der Waals surface area contributed by atoms with Crippen LogP contribution in [0.25, 0.3) is 0 Å². The standard InChI is InChI=1S/C18H23ClN2O6S/c19-17-10-16(28(23,24)21-5-8-25-9-6-21)3-4-18(17)27-13-14(22)11-20-12-15-2-1-7-26-15/h1-4,7,10,14,20,22H,5-6,8-9,11-13H2/p+1/t14-/m0/s1. The first-order valence-corrected chi connectivity index (χ1v) is 10.8. The molecule has 3 rings (SSSR count). The van der Waals surface area contributed by atoms with Crippen molar-refractivity contribution in [3.63, 3.8) is 0 Å². The van der Waals surface area contributed by atoms with E-state index in [2.05, 4.69) is 0 Å². The van der Waals surface area contributed by atoms with Gasteiger partial charge in [-0.2, -0.15) is 4.31 Å². The van der Waals surface area contributed by atoms with Gasteiger partial charge in [-0.1, -0.05) is 11.6 Å². The summed E-state index contributed by atoms with van der Waals surface area (Å²) in [5.41, 5.74) is 0. The first kappa shape index (κ1) is 21.1. The molecule has 1 fully saturated rings. The van der Waals surface area contributed by atoms with Crippen LogP contribution in [-0.4, -0.2) is 63.4 Å². The van der Waals surface area contributed by atoms with Gasteiger partial charge in [0, 0.05) is 13.1 Å². The zero-order valence-electron chi connectivity index (χ0n) is 15.3. The summed E-state index contributed by atoms with van der Waals surface area (Å²) in [5.74, 6) is 1.15. The molecule has 0 amide bonds. The van der Waals surface area contributed by atoms with Crippen molar-refractivity contribution in [2.24, 2.45) is 0 Å². The maximum absolute atomic E-state index is 12.7. The molecule has 1 atom stereocenters. The van der Waals surface area contributed by atoms with Crippen molar-refractivity contribution in [1.82, 2.24) is 4.31 Å². The van der Waals surface area contributed by atoms with Gasteiger partial charge in [-0.15, -0.1) is 0 Å². The molecule has 1 aromatic heterocycles. The molecule has 154 valence electrons. The Bertz CT molecular complexity index is 853. The Kier molecular flexibility index (Phi) is 7.33. The number of halogens is 1. The van der Waals surface area contributed by atoms with Crippen LogP contribution in [0.4, 0.5) is 0 Å². The summed E-state index contributed by atoms with van der Waals surface area (Å²) in [5, 5.41) is 12.1. The molecular formula is C18H24ClN2O6S+. The van der Waals surface area contributed by atoms with Crippen LogP contribution < -0.4 is 10.1 Å². The van der Waals surface area contributed by atoms with E-state index < -0.39 is 16.1 Å². The van der Waals surface area contributed by atoms with Crippen LogP contribution in [0.5, 0.6) is 5.75 Å². The highest BCUT2D eigenvalue weighted by Crippen LogP contribution is 2.29. The molecule has 0 radical (unpaired) electrons. The number of ether oxygens (including phenoxy) is 2. The molecule has 0 aliphatic carbocycles. The van der Waals surface area contributed by atoms with Gasteiger partial charge >= 0.3 is 0 Å². The number of aliphatic hydroxyl groups excluding tert-OH is 1. The quantitative estimate of drug-likeness (QED) is 0.597. The molecule has 1 aliphatic heterocycles. The Labute approximate surface area is 169 Å². The molecule has 0 bridgehead atoms. The van der Waals surface area contributed by atoms with Gasteiger partial charge in [0.15, 0.2) is 5.76 Å². The highest BCUT2D eigenvalue weighted by atomic mass is 35.5. The molecule has 8 nitrogen and oxygen atoms in total. The highest BCUT2D eigenvalue weighted by molar-refractivity contribution is 7.89. The van der Waals surface area contributed by atoms with E-state index in [1.165, 1.54) is 22.5 Å². The second kappa shape index (κ2) is 9.73. The smallest absolute Gasteiger partial charge is 0.243 e. The van der Waals surface area contributed by atoms with Crippen LogP contribution in [0.3, 0.4) is 0 Å². The summed E-state index contributed by atoms with van der Waals surface area (Å²) in [6, 6.07) is 8.02. The molecule has 1 aromatic carbocycles. The van der Waals surface area contributed by atoms with E-state index in [0.29, 0.717) is 45.1 Å². The summed E-state index contributed by atoms with van der Waals surface area (Å²) < 4.78 is 42.6. The Morgan fingerprint density at radius 2 is 2.07 bits per heavy atom. The second-order valence-corrected chi connectivity index (χ2v) is 8.73. The first-order chi connectivity index (χ1) is 13.5. The molecule has 28 heavy (non-hydrogen) atoms. The van der Waals surface area contributed by atoms with Gasteiger partial charge in [-0.25, -0.2) is 8.42 Å². The number of hydrogen-bond acceptors (Lipinski definition) is 6. The van der Waals surface area contributed by atoms with Crippen molar-refractivity contribution in [2.45, 2.75) is 17.5 Å². The average molecular weight is 432 g/mol. The van der Waals surface area contributed by atoms with Crippen molar-refractivity contribution in [3.05, 3.63) is 47.4 Å². The van der Waals surface area contributed by atoms with Crippen LogP contribution >= 0.6 is 11.6 Å². The number of furan rings is 1. The third-order valence-electron chi connectivity index (χ3n) is 4.31. The Hall–Kier alpha value is -1.62. The van der Waals surface area contributed by atoms with Crippen LogP contribution in [-0.2, 0) is 21.3 Å². The number of benzene rings is 1. The van der Waals surface area contributed by atoms with E-state index in [-0.39, 0.29) is 16.5 Å². The largest absolute Gasteiger partial charge is 0.489 e. The summed E-state index contributed by atoms with van der Waals surface area (Å²) in [6.07, 6.45) is 0.899. The number of morpholine rings is 1. The lowest BCUT2D eigenvalue weighted by Crippen LogP contribution is -2.85. The predicted octanol–water partition coefficient (Wildman–Crippen LogP) is 0.457. The maximum atomic E-state index is 12.7. The SMILES string of the molecule is O=S(=O)(c1ccc(OC[C@@H](O)C[NH2+]Cc2ccco2)c(Cl)c1)N1CCOCC1. The molecule has 2 aromatic rings. The van der Waals surface area contributed by atoms with Gasteiger partial charge in [0.2, 0.25) is 10.0 Å². The van der Waals surface area contributed by atoms with E-state index in [1.807, 2.05) is 17.4 Å². The molecule has 2 heterocycles. The van der Waals surface area contributed by atoms with Crippen molar-refractivity contribution < 1.29 is 32.7 Å². The Balaban J connectivity index is 1.52. The summed E-state index contributed by atoms with van der Waals surface area (Å²) in [6.45, 7) is 2.49. The zero-order valence-corrected chi connectivity index (χ0v) is 16.9. The number of hydrogen-bond donors (Lipinski definition) is 2. The van der Waals surface area contributed by atoms with Gasteiger partial charge in [0.25, 0.3) is 0 Å². The number of nitrogens with zero attached hydrogens (tertiary/aromatic N) is 1. The fourth-order valence-electron chi connectivity index (χ4n) is 2.80. The molecule has 0 unspecified atom stereocenters. The third kappa shape index (κ3) is 5.47. The van der Waals surface area contributed by atoms with Crippen molar-refractivity contribution in [1.29, 1.82) is 0 Å². The summed E-state index contributed by atoms with van der Waals surface area (Å²) >= 11 is 6.20. The van der Waals surface area contributed by atoms with Gasteiger partial charge in [0.1, 0.15) is 31.5 Å². The fraction of sp³-hybridized carbons (Fsp3) is 0.444. The molecular weight excluding hydrogens is 408 g/mol. The fourth-order valence-corrected chi connectivity index (χ4v) is 4.53. The zero-order chi connectivity index (χ0) is 20.0. The third-order valence-corrected chi connectivity index (χ3v) is 6.50. The molecule has 1 aliphatic rings. The maximum Gasteiger partial charge on any atom is 0.243 e. The van der Waals surface area contributed by atoms with Crippen LogP contribution in [0.15, 0.2) is 45.9 Å². The van der Waals surface area contributed by atoms with Gasteiger partial charge in [-0.05, 0) is 30.3 Å². The van der Waals surface area contributed by atoms with E-state index >= 15 is 0 Å². The summed E-state index contributed by atoms with van der Waals surface area (Å²) in [4.78, 5) is 0.110. The first-order valence-electron chi connectivity index (χ1n) is 8.99. The van der Waals surface area contributed by atoms with Crippen molar-refractivity contribution >= 4 is 21.6 Å². The average Bonchev–Trinajstić information content (AvgIpc) is 3.21. The number of nitrogens with two attached hydrogens (primary N) is 1. The second-order valence-electron chi connectivity index (χ2n) is 6.38. The number of sulfonamides is 1. The Morgan fingerprint density at radius 3 is 2.75 bits per heavy atom. The minimum atomic E-state index is -3.62. The predicted molar refractivity (Wildman–Crippen MR) is 102 cm³/mol. The van der Waals surface area contributed by atoms with Crippen LogP contribution in [0, 0.1) is 0 Å². The minimum Gasteiger partial charge on any atom is -0.489 e.